The average molecular weight is 193 g/mol. The summed E-state index contributed by atoms with van der Waals surface area (Å²) in [7, 11) is 0. The molecule has 0 aromatic heterocycles. The predicted octanol–water partition coefficient (Wildman–Crippen LogP) is 2.55. The summed E-state index contributed by atoms with van der Waals surface area (Å²) < 4.78 is 10.8. The lowest BCUT2D eigenvalue weighted by atomic mass is 10.3. The zero-order valence-corrected chi connectivity index (χ0v) is 8.18. The molecule has 1 heterocycles. The van der Waals surface area contributed by atoms with Crippen LogP contribution in [0.25, 0.3) is 0 Å². The van der Waals surface area contributed by atoms with E-state index in [1.165, 1.54) is 0 Å². The minimum atomic E-state index is 0.0843. The first kappa shape index (κ1) is 10.3. The lowest BCUT2D eigenvalue weighted by Crippen LogP contribution is -2.11. The van der Waals surface area contributed by atoms with Crippen LogP contribution in [-0.4, -0.2) is 25.4 Å². The van der Waals surface area contributed by atoms with Gasteiger partial charge in [-0.25, -0.2) is 0 Å². The highest BCUT2D eigenvalue weighted by Gasteiger charge is 2.14. The van der Waals surface area contributed by atoms with Crippen molar-refractivity contribution in [2.75, 3.05) is 19.1 Å². The monoisotopic (exact) mass is 192 g/mol. The topological polar surface area (TPSA) is 18.5 Å². The Balaban J connectivity index is 1.81. The van der Waals surface area contributed by atoms with E-state index in [4.69, 9.17) is 21.1 Å². The molecule has 0 aromatic carbocycles. The van der Waals surface area contributed by atoms with Gasteiger partial charge in [0.2, 0.25) is 0 Å². The molecular weight excluding hydrogens is 176 g/mol. The second-order valence-corrected chi connectivity index (χ2v) is 3.44. The second kappa shape index (κ2) is 6.70. The highest BCUT2D eigenvalue weighted by molar-refractivity contribution is 6.17. The molecule has 0 bridgehead atoms. The van der Waals surface area contributed by atoms with E-state index in [0.29, 0.717) is 0 Å². The Morgan fingerprint density at radius 3 is 2.92 bits per heavy atom. The molecule has 1 rings (SSSR count). The number of hydrogen-bond acceptors (Lipinski definition) is 2. The third-order valence-corrected chi connectivity index (χ3v) is 2.24. The molecule has 0 aromatic rings. The summed E-state index contributed by atoms with van der Waals surface area (Å²) in [4.78, 5) is 0. The average Bonchev–Trinajstić information content (AvgIpc) is 2.57. The molecule has 12 heavy (non-hydrogen) atoms. The van der Waals surface area contributed by atoms with Gasteiger partial charge in [-0.1, -0.05) is 0 Å². The molecule has 1 fully saturated rings. The minimum absolute atomic E-state index is 0.0843. The number of unbranched alkanes of at least 4 members (excludes halogenated alkanes) is 2. The van der Waals surface area contributed by atoms with Crippen LogP contribution in [0.4, 0.5) is 0 Å². The van der Waals surface area contributed by atoms with Crippen LogP contribution in [0.2, 0.25) is 0 Å². The fourth-order valence-corrected chi connectivity index (χ4v) is 1.46. The maximum absolute atomic E-state index is 5.54. The second-order valence-electron chi connectivity index (χ2n) is 3.06. The molecule has 1 unspecified atom stereocenters. The van der Waals surface area contributed by atoms with E-state index in [1.54, 1.807) is 0 Å². The molecule has 3 heteroatoms. The third-order valence-electron chi connectivity index (χ3n) is 1.97. The van der Waals surface area contributed by atoms with Crippen molar-refractivity contribution in [2.24, 2.45) is 0 Å². The minimum Gasteiger partial charge on any atom is -0.353 e. The molecular formula is C9H17ClO2. The highest BCUT2D eigenvalue weighted by Crippen LogP contribution is 2.13. The molecule has 0 N–H and O–H groups in total. The smallest absolute Gasteiger partial charge is 0.157 e. The predicted molar refractivity (Wildman–Crippen MR) is 49.5 cm³/mol. The number of alkyl halides is 1. The highest BCUT2D eigenvalue weighted by atomic mass is 35.5. The Labute approximate surface area is 79.2 Å². The van der Waals surface area contributed by atoms with Gasteiger partial charge in [-0.15, -0.1) is 11.6 Å². The molecule has 0 radical (unpaired) electrons. The normalized spacial score (nSPS) is 23.2. The molecule has 1 aliphatic heterocycles. The van der Waals surface area contributed by atoms with Gasteiger partial charge >= 0.3 is 0 Å². The van der Waals surface area contributed by atoms with Crippen LogP contribution in [0.3, 0.4) is 0 Å². The number of rotatable bonds is 6. The molecule has 0 aliphatic carbocycles. The van der Waals surface area contributed by atoms with Crippen molar-refractivity contribution in [2.45, 2.75) is 38.4 Å². The van der Waals surface area contributed by atoms with Gasteiger partial charge < -0.3 is 9.47 Å². The van der Waals surface area contributed by atoms with E-state index in [2.05, 4.69) is 0 Å². The summed E-state index contributed by atoms with van der Waals surface area (Å²) in [5, 5.41) is 0. The Kier molecular flexibility index (Phi) is 5.74. The van der Waals surface area contributed by atoms with Gasteiger partial charge in [0.05, 0.1) is 0 Å². The van der Waals surface area contributed by atoms with Crippen molar-refractivity contribution >= 4 is 11.6 Å². The molecule has 0 amide bonds. The fraction of sp³-hybridized carbons (Fsp3) is 1.00. The van der Waals surface area contributed by atoms with E-state index in [1.807, 2.05) is 0 Å². The van der Waals surface area contributed by atoms with E-state index >= 15 is 0 Å². The van der Waals surface area contributed by atoms with Gasteiger partial charge in [-0.3, -0.25) is 0 Å². The first-order chi connectivity index (χ1) is 5.93. The summed E-state index contributed by atoms with van der Waals surface area (Å²) >= 11 is 5.54. The summed E-state index contributed by atoms with van der Waals surface area (Å²) in [5.74, 6) is 0.764. The van der Waals surface area contributed by atoms with Crippen LogP contribution in [0, 0.1) is 0 Å². The summed E-state index contributed by atoms with van der Waals surface area (Å²) in [6.45, 7) is 1.69. The van der Waals surface area contributed by atoms with Crippen molar-refractivity contribution in [3.8, 4) is 0 Å². The van der Waals surface area contributed by atoms with Crippen LogP contribution in [0.15, 0.2) is 0 Å². The van der Waals surface area contributed by atoms with Crippen LogP contribution in [0.1, 0.15) is 32.1 Å². The lowest BCUT2D eigenvalue weighted by Gasteiger charge is -2.09. The van der Waals surface area contributed by atoms with Gasteiger partial charge in [0, 0.05) is 25.5 Å². The molecule has 1 aliphatic rings. The standard InChI is InChI=1S/C9H17ClO2/c10-6-2-1-3-7-11-9-5-4-8-12-9/h9H,1-8H2. The Morgan fingerprint density at radius 2 is 2.25 bits per heavy atom. The largest absolute Gasteiger partial charge is 0.353 e. The molecule has 72 valence electrons. The van der Waals surface area contributed by atoms with Crippen LogP contribution in [0.5, 0.6) is 0 Å². The zero-order valence-electron chi connectivity index (χ0n) is 7.43. The van der Waals surface area contributed by atoms with Crippen LogP contribution < -0.4 is 0 Å². The van der Waals surface area contributed by atoms with E-state index in [9.17, 15) is 0 Å². The van der Waals surface area contributed by atoms with Gasteiger partial charge in [0.15, 0.2) is 6.29 Å². The van der Waals surface area contributed by atoms with E-state index in [0.717, 1.165) is 51.2 Å². The Morgan fingerprint density at radius 1 is 1.33 bits per heavy atom. The third kappa shape index (κ3) is 4.29. The van der Waals surface area contributed by atoms with Crippen molar-refractivity contribution in [3.63, 3.8) is 0 Å². The first-order valence-corrected chi connectivity index (χ1v) is 5.26. The van der Waals surface area contributed by atoms with Gasteiger partial charge in [0.25, 0.3) is 0 Å². The number of hydrogen-bond donors (Lipinski definition) is 0. The maximum atomic E-state index is 5.54. The number of ether oxygens (including phenoxy) is 2. The SMILES string of the molecule is ClCCCCCOC1CCCO1. The molecule has 1 atom stereocenters. The molecule has 2 nitrogen and oxygen atoms in total. The Bertz CT molecular complexity index is 103. The van der Waals surface area contributed by atoms with Crippen molar-refractivity contribution in [3.05, 3.63) is 0 Å². The lowest BCUT2D eigenvalue weighted by molar-refractivity contribution is -0.111. The van der Waals surface area contributed by atoms with Crippen molar-refractivity contribution < 1.29 is 9.47 Å². The zero-order chi connectivity index (χ0) is 8.65. The number of halogens is 1. The fourth-order valence-electron chi connectivity index (χ4n) is 1.27. The summed E-state index contributed by atoms with van der Waals surface area (Å²) in [6, 6.07) is 0. The van der Waals surface area contributed by atoms with Crippen molar-refractivity contribution in [1.29, 1.82) is 0 Å². The van der Waals surface area contributed by atoms with E-state index < -0.39 is 0 Å². The first-order valence-electron chi connectivity index (χ1n) is 4.72. The van der Waals surface area contributed by atoms with Gasteiger partial charge in [-0.2, -0.15) is 0 Å². The van der Waals surface area contributed by atoms with E-state index in [-0.39, 0.29) is 6.29 Å². The summed E-state index contributed by atoms with van der Waals surface area (Å²) in [6.07, 6.45) is 5.65. The maximum Gasteiger partial charge on any atom is 0.157 e. The van der Waals surface area contributed by atoms with Gasteiger partial charge in [0.1, 0.15) is 0 Å². The molecule has 0 spiro atoms. The summed E-state index contributed by atoms with van der Waals surface area (Å²) in [5.41, 5.74) is 0. The molecule has 1 saturated heterocycles. The van der Waals surface area contributed by atoms with Gasteiger partial charge in [-0.05, 0) is 25.7 Å². The van der Waals surface area contributed by atoms with Crippen LogP contribution >= 0.6 is 11.6 Å². The molecule has 0 saturated carbocycles. The van der Waals surface area contributed by atoms with Crippen molar-refractivity contribution in [1.82, 2.24) is 0 Å². The Hall–Kier alpha value is 0.210. The van der Waals surface area contributed by atoms with Crippen LogP contribution in [-0.2, 0) is 9.47 Å². The quantitative estimate of drug-likeness (QED) is 0.476.